The second kappa shape index (κ2) is 7.57. The molecule has 1 saturated heterocycles. The maximum atomic E-state index is 12.8. The molecule has 1 fully saturated rings. The molecule has 0 aliphatic carbocycles. The smallest absolute Gasteiger partial charge is 0.293 e. The topological polar surface area (TPSA) is 112 Å². The summed E-state index contributed by atoms with van der Waals surface area (Å²) in [7, 11) is 0. The Balaban J connectivity index is 1.37. The molecule has 1 amide bonds. The Hall–Kier alpha value is -3.37. The maximum absolute atomic E-state index is 12.8. The number of hydrogen-bond acceptors (Lipinski definition) is 8. The van der Waals surface area contributed by atoms with E-state index in [2.05, 4.69) is 40.7 Å². The quantitative estimate of drug-likeness (QED) is 0.476. The van der Waals surface area contributed by atoms with Crippen LogP contribution in [0.1, 0.15) is 10.6 Å². The second-order valence-corrected chi connectivity index (χ2v) is 7.51. The van der Waals surface area contributed by atoms with Gasteiger partial charge in [-0.15, -0.1) is 11.3 Å². The Kier molecular flexibility index (Phi) is 4.62. The molecule has 1 aliphatic rings. The van der Waals surface area contributed by atoms with Crippen molar-refractivity contribution < 1.29 is 4.79 Å². The Labute approximate surface area is 170 Å². The first-order chi connectivity index (χ1) is 14.3. The first-order valence-corrected chi connectivity index (χ1v) is 10.1. The molecule has 0 spiro atoms. The van der Waals surface area contributed by atoms with Crippen molar-refractivity contribution in [2.45, 2.75) is 0 Å². The summed E-state index contributed by atoms with van der Waals surface area (Å²) in [5, 5.41) is 13.2. The van der Waals surface area contributed by atoms with Crippen molar-refractivity contribution in [3.8, 4) is 11.4 Å². The van der Waals surface area contributed by atoms with Gasteiger partial charge in [0.1, 0.15) is 0 Å². The number of fused-ring (bicyclic) bond motifs is 1. The minimum Gasteiger partial charge on any atom is -0.367 e. The van der Waals surface area contributed by atoms with Crippen LogP contribution in [-0.4, -0.2) is 57.2 Å². The fourth-order valence-corrected chi connectivity index (χ4v) is 3.99. The number of hydrogen-bond donors (Lipinski definition) is 3. The normalized spacial score (nSPS) is 14.3. The fraction of sp³-hybridized carbons (Fsp3) is 0.211. The summed E-state index contributed by atoms with van der Waals surface area (Å²) in [6.07, 6.45) is 3.39. The molecular formula is C19H18N8OS. The number of pyridine rings is 1. The van der Waals surface area contributed by atoms with E-state index >= 15 is 0 Å². The second-order valence-electron chi connectivity index (χ2n) is 6.63. The highest BCUT2D eigenvalue weighted by Gasteiger charge is 2.18. The van der Waals surface area contributed by atoms with Crippen molar-refractivity contribution in [3.05, 3.63) is 48.0 Å². The first-order valence-electron chi connectivity index (χ1n) is 9.25. The largest absolute Gasteiger partial charge is 0.367 e. The van der Waals surface area contributed by atoms with Gasteiger partial charge in [0, 0.05) is 37.9 Å². The lowest BCUT2D eigenvalue weighted by molar-refractivity contribution is 0.101. The van der Waals surface area contributed by atoms with Crippen LogP contribution in [0.4, 0.5) is 11.4 Å². The Bertz CT molecular complexity index is 1160. The van der Waals surface area contributed by atoms with E-state index in [1.54, 1.807) is 29.2 Å². The van der Waals surface area contributed by atoms with Crippen LogP contribution >= 0.6 is 11.3 Å². The van der Waals surface area contributed by atoms with E-state index in [4.69, 9.17) is 0 Å². The van der Waals surface area contributed by atoms with Crippen LogP contribution < -0.4 is 15.5 Å². The average Bonchev–Trinajstić information content (AvgIpc) is 3.44. The molecule has 0 atom stereocenters. The van der Waals surface area contributed by atoms with E-state index in [-0.39, 0.29) is 11.7 Å². The maximum Gasteiger partial charge on any atom is 0.293 e. The van der Waals surface area contributed by atoms with Crippen LogP contribution in [0.5, 0.6) is 0 Å². The highest BCUT2D eigenvalue weighted by atomic mass is 32.1. The van der Waals surface area contributed by atoms with Crippen molar-refractivity contribution in [2.24, 2.45) is 0 Å². The standard InChI is InChI=1S/C19H18N8OS/c28-19(23-14-10-21-4-3-15(14)27-7-5-20-6-8-27)18-24-17(25-26-18)12-1-2-16-13(9-12)22-11-29-16/h1-4,9-11,20H,5-8H2,(H,23,28)(H,24,25,26). The van der Waals surface area contributed by atoms with Crippen molar-refractivity contribution in [1.82, 2.24) is 30.5 Å². The van der Waals surface area contributed by atoms with E-state index in [1.165, 1.54) is 0 Å². The summed E-state index contributed by atoms with van der Waals surface area (Å²) in [6.45, 7) is 3.56. The van der Waals surface area contributed by atoms with Crippen LogP contribution in [0.15, 0.2) is 42.2 Å². The summed E-state index contributed by atoms with van der Waals surface area (Å²) < 4.78 is 1.10. The first kappa shape index (κ1) is 17.7. The van der Waals surface area contributed by atoms with E-state index in [1.807, 2.05) is 24.3 Å². The Morgan fingerprint density at radius 2 is 2.10 bits per heavy atom. The lowest BCUT2D eigenvalue weighted by Crippen LogP contribution is -2.43. The third kappa shape index (κ3) is 3.55. The number of aromatic nitrogens is 5. The molecule has 0 radical (unpaired) electrons. The predicted molar refractivity (Wildman–Crippen MR) is 112 cm³/mol. The number of H-pyrrole nitrogens is 1. The Morgan fingerprint density at radius 1 is 1.21 bits per heavy atom. The van der Waals surface area contributed by atoms with Crippen LogP contribution in [-0.2, 0) is 0 Å². The summed E-state index contributed by atoms with van der Waals surface area (Å²) in [4.78, 5) is 27.8. The number of amides is 1. The predicted octanol–water partition coefficient (Wildman–Crippen LogP) is 2.14. The number of nitrogens with zero attached hydrogens (tertiary/aromatic N) is 5. The minimum atomic E-state index is -0.358. The molecule has 4 aromatic rings. The lowest BCUT2D eigenvalue weighted by atomic mass is 10.2. The number of benzene rings is 1. The van der Waals surface area contributed by atoms with Gasteiger partial charge in [0.15, 0.2) is 5.82 Å². The van der Waals surface area contributed by atoms with Crippen LogP contribution in [0.25, 0.3) is 21.6 Å². The van der Waals surface area contributed by atoms with Gasteiger partial charge in [-0.2, -0.15) is 5.10 Å². The molecule has 29 heavy (non-hydrogen) atoms. The number of rotatable bonds is 4. The van der Waals surface area contributed by atoms with Crippen LogP contribution in [0.3, 0.4) is 0 Å². The number of nitrogens with one attached hydrogen (secondary N) is 3. The minimum absolute atomic E-state index is 0.147. The van der Waals surface area contributed by atoms with Gasteiger partial charge in [-0.1, -0.05) is 0 Å². The van der Waals surface area contributed by atoms with Gasteiger partial charge in [0.25, 0.3) is 5.91 Å². The molecule has 4 heterocycles. The van der Waals surface area contributed by atoms with Crippen molar-refractivity contribution >= 4 is 38.8 Å². The number of carbonyl (C=O) groups excluding carboxylic acids is 1. The van der Waals surface area contributed by atoms with Gasteiger partial charge in [-0.25, -0.2) is 9.97 Å². The van der Waals surface area contributed by atoms with Gasteiger partial charge in [-0.3, -0.25) is 14.9 Å². The summed E-state index contributed by atoms with van der Waals surface area (Å²) in [6, 6.07) is 7.74. The van der Waals surface area contributed by atoms with E-state index in [0.29, 0.717) is 11.5 Å². The number of carbonyl (C=O) groups is 1. The molecule has 146 valence electrons. The fourth-order valence-electron chi connectivity index (χ4n) is 3.34. The number of anilines is 2. The molecule has 0 unspecified atom stereocenters. The van der Waals surface area contributed by atoms with Gasteiger partial charge in [0.2, 0.25) is 5.82 Å². The molecule has 3 N–H and O–H groups in total. The number of thiazole rings is 1. The molecule has 1 aliphatic heterocycles. The third-order valence-electron chi connectivity index (χ3n) is 4.79. The third-order valence-corrected chi connectivity index (χ3v) is 5.60. The molecule has 10 heteroatoms. The monoisotopic (exact) mass is 406 g/mol. The highest BCUT2D eigenvalue weighted by Crippen LogP contribution is 2.26. The van der Waals surface area contributed by atoms with E-state index in [9.17, 15) is 4.79 Å². The van der Waals surface area contributed by atoms with Gasteiger partial charge < -0.3 is 15.5 Å². The molecule has 0 bridgehead atoms. The summed E-state index contributed by atoms with van der Waals surface area (Å²) >= 11 is 1.58. The molecule has 0 saturated carbocycles. The highest BCUT2D eigenvalue weighted by molar-refractivity contribution is 7.16. The molecule has 5 rings (SSSR count). The molecule has 9 nitrogen and oxygen atoms in total. The van der Waals surface area contributed by atoms with Crippen molar-refractivity contribution in [1.29, 1.82) is 0 Å². The van der Waals surface area contributed by atoms with Gasteiger partial charge in [-0.05, 0) is 24.3 Å². The lowest BCUT2D eigenvalue weighted by Gasteiger charge is -2.30. The van der Waals surface area contributed by atoms with Crippen molar-refractivity contribution in [2.75, 3.05) is 36.4 Å². The zero-order valence-electron chi connectivity index (χ0n) is 15.4. The molecular weight excluding hydrogens is 388 g/mol. The summed E-state index contributed by atoms with van der Waals surface area (Å²) in [5.41, 5.74) is 5.10. The van der Waals surface area contributed by atoms with Gasteiger partial charge in [0.05, 0.1) is 33.3 Å². The Morgan fingerprint density at radius 3 is 3.00 bits per heavy atom. The van der Waals surface area contributed by atoms with Crippen molar-refractivity contribution in [3.63, 3.8) is 0 Å². The van der Waals surface area contributed by atoms with Crippen LogP contribution in [0, 0.1) is 0 Å². The zero-order chi connectivity index (χ0) is 19.6. The number of piperazine rings is 1. The summed E-state index contributed by atoms with van der Waals surface area (Å²) in [5.74, 6) is 0.245. The van der Waals surface area contributed by atoms with E-state index in [0.717, 1.165) is 47.6 Å². The zero-order valence-corrected chi connectivity index (χ0v) is 16.2. The molecule has 1 aromatic carbocycles. The average molecular weight is 406 g/mol. The number of aromatic amines is 1. The van der Waals surface area contributed by atoms with Gasteiger partial charge >= 0.3 is 0 Å². The SMILES string of the molecule is O=C(Nc1cnccc1N1CCNCC1)c1nc(-c2ccc3scnc3c2)n[nH]1. The van der Waals surface area contributed by atoms with E-state index < -0.39 is 0 Å². The molecule has 3 aromatic heterocycles. The van der Waals surface area contributed by atoms with Crippen LogP contribution in [0.2, 0.25) is 0 Å².